The first kappa shape index (κ1) is 11.7. The van der Waals surface area contributed by atoms with Crippen molar-refractivity contribution in [2.24, 2.45) is 5.73 Å². The predicted molar refractivity (Wildman–Crippen MR) is 70.0 cm³/mol. The molecule has 0 fully saturated rings. The molecule has 3 aromatic rings. The van der Waals surface area contributed by atoms with E-state index < -0.39 is 0 Å². The van der Waals surface area contributed by atoms with Gasteiger partial charge < -0.3 is 10.3 Å². The Labute approximate surface area is 109 Å². The molecule has 2 heterocycles. The van der Waals surface area contributed by atoms with Crippen LogP contribution in [0.15, 0.2) is 35.1 Å². The fourth-order valence-corrected chi connectivity index (χ4v) is 1.78. The molecule has 0 unspecified atom stereocenters. The number of benzene rings is 1. The molecule has 0 radical (unpaired) electrons. The summed E-state index contributed by atoms with van der Waals surface area (Å²) in [5.74, 6) is 0.975. The number of nitrogens with two attached hydrogens (primary N) is 1. The molecular weight excluding hydrogens is 242 g/mol. The third kappa shape index (κ3) is 2.17. The minimum Gasteiger partial charge on any atom is -0.337 e. The maximum absolute atomic E-state index is 5.86. The van der Waals surface area contributed by atoms with Crippen LogP contribution in [-0.4, -0.2) is 20.1 Å². The molecule has 0 amide bonds. The van der Waals surface area contributed by atoms with Gasteiger partial charge in [-0.05, 0) is 24.6 Å². The maximum Gasteiger partial charge on any atom is 0.243 e. The third-order valence-electron chi connectivity index (χ3n) is 2.93. The van der Waals surface area contributed by atoms with E-state index in [2.05, 4.69) is 20.1 Å². The summed E-state index contributed by atoms with van der Waals surface area (Å²) in [5.41, 5.74) is 8.33. The average molecular weight is 255 g/mol. The molecule has 0 aliphatic heterocycles. The van der Waals surface area contributed by atoms with Gasteiger partial charge in [0, 0.05) is 18.0 Å². The van der Waals surface area contributed by atoms with Gasteiger partial charge >= 0.3 is 0 Å². The van der Waals surface area contributed by atoms with Gasteiger partial charge in [0.05, 0.1) is 17.1 Å². The van der Waals surface area contributed by atoms with Gasteiger partial charge in [0.15, 0.2) is 0 Å². The molecule has 2 N–H and O–H groups in total. The average Bonchev–Trinajstić information content (AvgIpc) is 2.95. The topological polar surface area (TPSA) is 90.7 Å². The standard InChI is InChI=1S/C13H13N5O/c1-2-9(14)13-17-12(18-19-13)8-3-4-10-11(7-8)16-6-5-15-10/h3-7,9H,2,14H2,1H3/t9-/m0/s1. The lowest BCUT2D eigenvalue weighted by atomic mass is 10.2. The highest BCUT2D eigenvalue weighted by Crippen LogP contribution is 2.21. The highest BCUT2D eigenvalue weighted by Gasteiger charge is 2.14. The van der Waals surface area contributed by atoms with Crippen molar-refractivity contribution >= 4 is 11.0 Å². The number of nitrogens with zero attached hydrogens (tertiary/aromatic N) is 4. The second-order valence-electron chi connectivity index (χ2n) is 4.23. The van der Waals surface area contributed by atoms with Crippen LogP contribution in [0.3, 0.4) is 0 Å². The van der Waals surface area contributed by atoms with Crippen molar-refractivity contribution in [2.45, 2.75) is 19.4 Å². The van der Waals surface area contributed by atoms with Crippen LogP contribution in [0.1, 0.15) is 25.3 Å². The van der Waals surface area contributed by atoms with E-state index in [1.807, 2.05) is 25.1 Å². The molecule has 2 aromatic heterocycles. The molecule has 96 valence electrons. The minimum absolute atomic E-state index is 0.221. The van der Waals surface area contributed by atoms with E-state index in [-0.39, 0.29) is 6.04 Å². The summed E-state index contributed by atoms with van der Waals surface area (Å²) in [5, 5.41) is 3.95. The minimum atomic E-state index is -0.221. The van der Waals surface area contributed by atoms with E-state index in [1.54, 1.807) is 12.4 Å². The van der Waals surface area contributed by atoms with Gasteiger partial charge in [0.1, 0.15) is 0 Å². The zero-order chi connectivity index (χ0) is 13.2. The first-order valence-corrected chi connectivity index (χ1v) is 6.08. The van der Waals surface area contributed by atoms with Gasteiger partial charge in [0.25, 0.3) is 0 Å². The van der Waals surface area contributed by atoms with Crippen molar-refractivity contribution in [3.8, 4) is 11.4 Å². The summed E-state index contributed by atoms with van der Waals surface area (Å²) < 4.78 is 5.16. The molecule has 3 rings (SSSR count). The highest BCUT2D eigenvalue weighted by atomic mass is 16.5. The van der Waals surface area contributed by atoms with Crippen LogP contribution in [-0.2, 0) is 0 Å². The number of hydrogen-bond acceptors (Lipinski definition) is 6. The number of fused-ring (bicyclic) bond motifs is 1. The number of rotatable bonds is 3. The SMILES string of the molecule is CC[C@H](N)c1nc(-c2ccc3nccnc3c2)no1. The molecule has 0 saturated carbocycles. The smallest absolute Gasteiger partial charge is 0.243 e. The van der Waals surface area contributed by atoms with Crippen LogP contribution >= 0.6 is 0 Å². The molecule has 0 aliphatic rings. The van der Waals surface area contributed by atoms with Crippen LogP contribution in [0.25, 0.3) is 22.4 Å². The van der Waals surface area contributed by atoms with Crippen molar-refractivity contribution in [1.82, 2.24) is 20.1 Å². The Balaban J connectivity index is 2.01. The van der Waals surface area contributed by atoms with Crippen molar-refractivity contribution in [3.05, 3.63) is 36.5 Å². The van der Waals surface area contributed by atoms with E-state index >= 15 is 0 Å². The van der Waals surface area contributed by atoms with E-state index in [0.717, 1.165) is 23.0 Å². The lowest BCUT2D eigenvalue weighted by Crippen LogP contribution is -2.08. The summed E-state index contributed by atoms with van der Waals surface area (Å²) in [6.45, 7) is 1.97. The number of hydrogen-bond donors (Lipinski definition) is 1. The van der Waals surface area contributed by atoms with Gasteiger partial charge in [-0.25, -0.2) is 0 Å². The zero-order valence-electron chi connectivity index (χ0n) is 10.4. The summed E-state index contributed by atoms with van der Waals surface area (Å²) in [6, 6.07) is 5.44. The van der Waals surface area contributed by atoms with Crippen LogP contribution in [0.4, 0.5) is 0 Å². The molecule has 19 heavy (non-hydrogen) atoms. The molecule has 1 atom stereocenters. The molecule has 6 nitrogen and oxygen atoms in total. The molecule has 0 aliphatic carbocycles. The van der Waals surface area contributed by atoms with Gasteiger partial charge in [-0.2, -0.15) is 4.98 Å². The van der Waals surface area contributed by atoms with Crippen molar-refractivity contribution < 1.29 is 4.52 Å². The summed E-state index contributed by atoms with van der Waals surface area (Å²) in [4.78, 5) is 12.8. The normalized spacial score (nSPS) is 12.7. The van der Waals surface area contributed by atoms with E-state index in [1.165, 1.54) is 0 Å². The quantitative estimate of drug-likeness (QED) is 0.770. The Hall–Kier alpha value is -2.34. The second-order valence-corrected chi connectivity index (χ2v) is 4.23. The number of aromatic nitrogens is 4. The Kier molecular flexibility index (Phi) is 2.92. The van der Waals surface area contributed by atoms with Gasteiger partial charge in [-0.15, -0.1) is 0 Å². The van der Waals surface area contributed by atoms with Gasteiger partial charge in [-0.3, -0.25) is 9.97 Å². The molecule has 0 bridgehead atoms. The Bertz CT molecular complexity index is 709. The van der Waals surface area contributed by atoms with Crippen molar-refractivity contribution in [1.29, 1.82) is 0 Å². The largest absolute Gasteiger partial charge is 0.337 e. The molecule has 0 saturated heterocycles. The molecule has 6 heteroatoms. The van der Waals surface area contributed by atoms with Gasteiger partial charge in [0.2, 0.25) is 11.7 Å². The first-order chi connectivity index (χ1) is 9.28. The Morgan fingerprint density at radius 2 is 2.00 bits per heavy atom. The Morgan fingerprint density at radius 1 is 1.21 bits per heavy atom. The van der Waals surface area contributed by atoms with Crippen LogP contribution in [0.2, 0.25) is 0 Å². The second kappa shape index (κ2) is 4.74. The fraction of sp³-hybridized carbons (Fsp3) is 0.231. The van der Waals surface area contributed by atoms with E-state index in [9.17, 15) is 0 Å². The third-order valence-corrected chi connectivity index (χ3v) is 2.93. The summed E-state index contributed by atoms with van der Waals surface area (Å²) >= 11 is 0. The van der Waals surface area contributed by atoms with Crippen molar-refractivity contribution in [3.63, 3.8) is 0 Å². The predicted octanol–water partition coefficient (Wildman–Crippen LogP) is 2.09. The van der Waals surface area contributed by atoms with E-state index in [4.69, 9.17) is 10.3 Å². The highest BCUT2D eigenvalue weighted by molar-refractivity contribution is 5.79. The van der Waals surface area contributed by atoms with Gasteiger partial charge in [-0.1, -0.05) is 12.1 Å². The molecular formula is C13H13N5O. The van der Waals surface area contributed by atoms with Crippen LogP contribution in [0, 0.1) is 0 Å². The molecule has 0 spiro atoms. The summed E-state index contributed by atoms with van der Waals surface area (Å²) in [6.07, 6.45) is 4.07. The molecule has 1 aromatic carbocycles. The van der Waals surface area contributed by atoms with Crippen LogP contribution in [0.5, 0.6) is 0 Å². The monoisotopic (exact) mass is 255 g/mol. The first-order valence-electron chi connectivity index (χ1n) is 6.08. The van der Waals surface area contributed by atoms with Crippen molar-refractivity contribution in [2.75, 3.05) is 0 Å². The lowest BCUT2D eigenvalue weighted by molar-refractivity contribution is 0.352. The van der Waals surface area contributed by atoms with E-state index in [0.29, 0.717) is 11.7 Å². The summed E-state index contributed by atoms with van der Waals surface area (Å²) in [7, 11) is 0. The fourth-order valence-electron chi connectivity index (χ4n) is 1.78. The van der Waals surface area contributed by atoms with Crippen LogP contribution < -0.4 is 5.73 Å². The lowest BCUT2D eigenvalue weighted by Gasteiger charge is -1.99. The maximum atomic E-state index is 5.86. The Morgan fingerprint density at radius 3 is 2.79 bits per heavy atom. The zero-order valence-corrected chi connectivity index (χ0v) is 10.4.